The predicted molar refractivity (Wildman–Crippen MR) is 109 cm³/mol. The molecule has 1 aromatic carbocycles. The third-order valence-corrected chi connectivity index (χ3v) is 6.02. The van der Waals surface area contributed by atoms with Crippen molar-refractivity contribution in [2.75, 3.05) is 13.1 Å². The maximum atomic E-state index is 13.3. The molecule has 0 fully saturated rings. The molecule has 1 aliphatic heterocycles. The summed E-state index contributed by atoms with van der Waals surface area (Å²) >= 11 is 1.61. The third-order valence-electron chi connectivity index (χ3n) is 5.23. The number of likely N-dealkylation sites (N-methyl/N-ethyl adjacent to an activating group) is 1. The lowest BCUT2D eigenvalue weighted by Gasteiger charge is -2.29. The second kappa shape index (κ2) is 7.37. The molecule has 2 aromatic heterocycles. The molecule has 0 bridgehead atoms. The number of nitrogens with zero attached hydrogens (tertiary/aromatic N) is 3. The van der Waals surface area contributed by atoms with Gasteiger partial charge < -0.3 is 5.32 Å². The minimum absolute atomic E-state index is 0.0408. The highest BCUT2D eigenvalue weighted by Crippen LogP contribution is 2.28. The van der Waals surface area contributed by atoms with E-state index in [1.54, 1.807) is 11.3 Å². The van der Waals surface area contributed by atoms with Crippen LogP contribution in [0.1, 0.15) is 52.2 Å². The van der Waals surface area contributed by atoms with Crippen LogP contribution in [0, 0.1) is 6.92 Å². The van der Waals surface area contributed by atoms with E-state index in [1.807, 2.05) is 43.5 Å². The summed E-state index contributed by atoms with van der Waals surface area (Å²) in [5, 5.41) is 7.11. The SMILES string of the molecule is CCN1CCc2nc3ccccc3c(C(=O)NC(C)c3csc(C)n3)c2C1. The zero-order valence-electron chi connectivity index (χ0n) is 16.0. The normalized spacial score (nSPS) is 15.5. The van der Waals surface area contributed by atoms with Crippen LogP contribution in [0.15, 0.2) is 29.6 Å². The second-order valence-electron chi connectivity index (χ2n) is 7.03. The molecule has 0 aliphatic carbocycles. The molecule has 4 rings (SSSR count). The average molecular weight is 381 g/mol. The first-order valence-electron chi connectivity index (χ1n) is 9.42. The first kappa shape index (κ1) is 18.1. The summed E-state index contributed by atoms with van der Waals surface area (Å²) in [6.07, 6.45) is 0.884. The van der Waals surface area contributed by atoms with Gasteiger partial charge in [-0.2, -0.15) is 0 Å². The minimum Gasteiger partial charge on any atom is -0.344 e. The molecule has 5 nitrogen and oxygen atoms in total. The van der Waals surface area contributed by atoms with Gasteiger partial charge in [0.1, 0.15) is 0 Å². The fourth-order valence-electron chi connectivity index (χ4n) is 3.70. The van der Waals surface area contributed by atoms with Crippen molar-refractivity contribution in [3.8, 4) is 0 Å². The van der Waals surface area contributed by atoms with Gasteiger partial charge in [0.2, 0.25) is 0 Å². The zero-order valence-corrected chi connectivity index (χ0v) is 16.8. The van der Waals surface area contributed by atoms with Crippen LogP contribution in [0.3, 0.4) is 0 Å². The average Bonchev–Trinajstić information content (AvgIpc) is 3.12. The van der Waals surface area contributed by atoms with Crippen LogP contribution in [-0.4, -0.2) is 33.9 Å². The molecule has 3 heterocycles. The van der Waals surface area contributed by atoms with E-state index in [0.717, 1.165) is 64.5 Å². The second-order valence-corrected chi connectivity index (χ2v) is 8.10. The maximum absolute atomic E-state index is 13.3. The topological polar surface area (TPSA) is 58.1 Å². The lowest BCUT2D eigenvalue weighted by molar-refractivity contribution is 0.0938. The van der Waals surface area contributed by atoms with Crippen LogP contribution >= 0.6 is 11.3 Å². The Hall–Kier alpha value is -2.31. The molecule has 0 radical (unpaired) electrons. The summed E-state index contributed by atoms with van der Waals surface area (Å²) in [4.78, 5) is 25.1. The van der Waals surface area contributed by atoms with Crippen molar-refractivity contribution in [2.45, 2.75) is 39.8 Å². The Kier molecular flexibility index (Phi) is 4.93. The summed E-state index contributed by atoms with van der Waals surface area (Å²) in [6, 6.07) is 7.81. The highest BCUT2D eigenvalue weighted by Gasteiger charge is 2.26. The number of aryl methyl sites for hydroxylation is 1. The molecule has 1 unspecified atom stereocenters. The number of benzene rings is 1. The van der Waals surface area contributed by atoms with E-state index < -0.39 is 0 Å². The van der Waals surface area contributed by atoms with Gasteiger partial charge in [-0.3, -0.25) is 14.7 Å². The number of pyridine rings is 1. The van der Waals surface area contributed by atoms with E-state index in [1.165, 1.54) is 0 Å². The standard InChI is InChI=1S/C21H24N4OS/c1-4-25-10-9-18-16(11-25)20(15-7-5-6-8-17(15)24-18)21(26)22-13(2)19-12-27-14(3)23-19/h5-8,12-13H,4,9-11H2,1-3H3,(H,22,26). The maximum Gasteiger partial charge on any atom is 0.252 e. The van der Waals surface area contributed by atoms with E-state index >= 15 is 0 Å². The molecule has 27 heavy (non-hydrogen) atoms. The number of hydrogen-bond acceptors (Lipinski definition) is 5. The fraction of sp³-hybridized carbons (Fsp3) is 0.381. The number of aromatic nitrogens is 2. The number of thiazole rings is 1. The predicted octanol–water partition coefficient (Wildman–Crippen LogP) is 3.87. The van der Waals surface area contributed by atoms with Gasteiger partial charge in [-0.15, -0.1) is 11.3 Å². The Balaban J connectivity index is 1.76. The summed E-state index contributed by atoms with van der Waals surface area (Å²) < 4.78 is 0. The molecule has 0 saturated heterocycles. The van der Waals surface area contributed by atoms with Crippen LogP contribution in [-0.2, 0) is 13.0 Å². The van der Waals surface area contributed by atoms with Crippen molar-refractivity contribution in [1.82, 2.24) is 20.2 Å². The molecular weight excluding hydrogens is 356 g/mol. The number of para-hydroxylation sites is 1. The first-order chi connectivity index (χ1) is 13.1. The molecule has 0 spiro atoms. The lowest BCUT2D eigenvalue weighted by Crippen LogP contribution is -2.34. The number of carbonyl (C=O) groups is 1. The fourth-order valence-corrected chi connectivity index (χ4v) is 4.40. The molecule has 1 N–H and O–H groups in total. The molecule has 3 aromatic rings. The zero-order chi connectivity index (χ0) is 19.0. The Morgan fingerprint density at radius 2 is 2.15 bits per heavy atom. The van der Waals surface area contributed by atoms with Gasteiger partial charge in [-0.1, -0.05) is 25.1 Å². The third kappa shape index (κ3) is 3.47. The van der Waals surface area contributed by atoms with Gasteiger partial charge in [0.25, 0.3) is 5.91 Å². The Morgan fingerprint density at radius 3 is 2.89 bits per heavy atom. The van der Waals surface area contributed by atoms with E-state index in [4.69, 9.17) is 4.98 Å². The molecule has 1 atom stereocenters. The van der Waals surface area contributed by atoms with E-state index in [0.29, 0.717) is 0 Å². The molecule has 1 amide bonds. The highest BCUT2D eigenvalue weighted by molar-refractivity contribution is 7.09. The monoisotopic (exact) mass is 380 g/mol. The van der Waals surface area contributed by atoms with E-state index in [2.05, 4.69) is 22.1 Å². The van der Waals surface area contributed by atoms with Crippen molar-refractivity contribution in [3.05, 3.63) is 57.2 Å². The number of rotatable bonds is 4. The van der Waals surface area contributed by atoms with E-state index in [9.17, 15) is 4.79 Å². The molecule has 1 aliphatic rings. The highest BCUT2D eigenvalue weighted by atomic mass is 32.1. The number of carbonyl (C=O) groups excluding carboxylic acids is 1. The van der Waals surface area contributed by atoms with Crippen LogP contribution in [0.25, 0.3) is 10.9 Å². The summed E-state index contributed by atoms with van der Waals surface area (Å²) in [5.74, 6) is -0.0408. The van der Waals surface area contributed by atoms with E-state index in [-0.39, 0.29) is 11.9 Å². The van der Waals surface area contributed by atoms with Gasteiger partial charge in [0, 0.05) is 41.5 Å². The van der Waals surface area contributed by atoms with Crippen LogP contribution in [0.2, 0.25) is 0 Å². The molecular formula is C21H24N4OS. The lowest BCUT2D eigenvalue weighted by atomic mass is 9.95. The van der Waals surface area contributed by atoms with Gasteiger partial charge >= 0.3 is 0 Å². The summed E-state index contributed by atoms with van der Waals surface area (Å²) in [6.45, 7) is 8.87. The van der Waals surface area contributed by atoms with Crippen molar-refractivity contribution in [1.29, 1.82) is 0 Å². The summed E-state index contributed by atoms with van der Waals surface area (Å²) in [7, 11) is 0. The molecule has 6 heteroatoms. The van der Waals surface area contributed by atoms with Gasteiger partial charge in [0.05, 0.1) is 27.8 Å². The molecule has 0 saturated carbocycles. The van der Waals surface area contributed by atoms with Crippen molar-refractivity contribution >= 4 is 28.1 Å². The minimum atomic E-state index is -0.129. The van der Waals surface area contributed by atoms with Crippen molar-refractivity contribution in [3.63, 3.8) is 0 Å². The number of hydrogen-bond donors (Lipinski definition) is 1. The smallest absolute Gasteiger partial charge is 0.252 e. The van der Waals surface area contributed by atoms with Crippen molar-refractivity contribution < 1.29 is 4.79 Å². The quantitative estimate of drug-likeness (QED) is 0.746. The van der Waals surface area contributed by atoms with Crippen LogP contribution in [0.4, 0.5) is 0 Å². The number of nitrogens with one attached hydrogen (secondary N) is 1. The Labute approximate surface area is 163 Å². The van der Waals surface area contributed by atoms with Crippen LogP contribution in [0.5, 0.6) is 0 Å². The summed E-state index contributed by atoms with van der Waals surface area (Å²) in [5.41, 5.74) is 4.70. The number of fused-ring (bicyclic) bond motifs is 2. The van der Waals surface area contributed by atoms with Gasteiger partial charge in [-0.25, -0.2) is 4.98 Å². The first-order valence-corrected chi connectivity index (χ1v) is 10.3. The number of amides is 1. The van der Waals surface area contributed by atoms with Crippen LogP contribution < -0.4 is 5.32 Å². The molecule has 140 valence electrons. The van der Waals surface area contributed by atoms with Gasteiger partial charge in [0.15, 0.2) is 0 Å². The Morgan fingerprint density at radius 1 is 1.33 bits per heavy atom. The van der Waals surface area contributed by atoms with Gasteiger partial charge in [-0.05, 0) is 26.5 Å². The van der Waals surface area contributed by atoms with Crippen molar-refractivity contribution in [2.24, 2.45) is 0 Å². The largest absolute Gasteiger partial charge is 0.344 e. The Bertz CT molecular complexity index is 997.